The molecule has 0 saturated carbocycles. The standard InChI is InChI=1S/C19H21NO4/c1-12(2)14-4-6-15(7-5-14)18(21)20-17-9-13(11-24-3)8-16(10-17)19(22)23/h4-10,12H,11H2,1-3H3,(H,20,21)(H,22,23). The van der Waals surface area contributed by atoms with Crippen molar-refractivity contribution in [3.8, 4) is 0 Å². The molecule has 2 aromatic carbocycles. The van der Waals surface area contributed by atoms with E-state index in [-0.39, 0.29) is 18.1 Å². The predicted octanol–water partition coefficient (Wildman–Crippen LogP) is 3.91. The number of ether oxygens (including phenoxy) is 1. The highest BCUT2D eigenvalue weighted by Gasteiger charge is 2.11. The summed E-state index contributed by atoms with van der Waals surface area (Å²) >= 11 is 0. The average molecular weight is 327 g/mol. The smallest absolute Gasteiger partial charge is 0.335 e. The van der Waals surface area contributed by atoms with Gasteiger partial charge in [-0.3, -0.25) is 4.79 Å². The zero-order valence-electron chi connectivity index (χ0n) is 14.0. The zero-order chi connectivity index (χ0) is 17.7. The van der Waals surface area contributed by atoms with E-state index in [0.717, 1.165) is 5.56 Å². The van der Waals surface area contributed by atoms with E-state index in [1.807, 2.05) is 12.1 Å². The molecule has 0 aliphatic heterocycles. The molecule has 0 aliphatic carbocycles. The number of carbonyl (C=O) groups excluding carboxylic acids is 1. The number of anilines is 1. The number of carbonyl (C=O) groups is 2. The third kappa shape index (κ3) is 4.43. The fourth-order valence-corrected chi connectivity index (χ4v) is 2.36. The van der Waals surface area contributed by atoms with Crippen LogP contribution in [0.25, 0.3) is 0 Å². The van der Waals surface area contributed by atoms with Crippen molar-refractivity contribution in [2.75, 3.05) is 12.4 Å². The molecule has 0 aromatic heterocycles. The lowest BCUT2D eigenvalue weighted by molar-refractivity contribution is 0.0696. The molecule has 126 valence electrons. The maximum Gasteiger partial charge on any atom is 0.335 e. The Bertz CT molecular complexity index is 736. The maximum absolute atomic E-state index is 12.4. The van der Waals surface area contributed by atoms with Crippen molar-refractivity contribution in [3.63, 3.8) is 0 Å². The van der Waals surface area contributed by atoms with Crippen LogP contribution in [0.4, 0.5) is 5.69 Å². The molecule has 0 aliphatic rings. The third-order valence-corrected chi connectivity index (χ3v) is 3.65. The lowest BCUT2D eigenvalue weighted by Crippen LogP contribution is -2.13. The maximum atomic E-state index is 12.4. The fourth-order valence-electron chi connectivity index (χ4n) is 2.36. The molecule has 0 radical (unpaired) electrons. The van der Waals surface area contributed by atoms with E-state index in [1.165, 1.54) is 19.2 Å². The van der Waals surface area contributed by atoms with Gasteiger partial charge in [-0.25, -0.2) is 4.79 Å². The van der Waals surface area contributed by atoms with Gasteiger partial charge in [0.05, 0.1) is 12.2 Å². The van der Waals surface area contributed by atoms with Gasteiger partial charge in [-0.2, -0.15) is 0 Å². The molecule has 2 rings (SSSR count). The van der Waals surface area contributed by atoms with Crippen molar-refractivity contribution in [2.24, 2.45) is 0 Å². The van der Waals surface area contributed by atoms with Crippen molar-refractivity contribution in [3.05, 3.63) is 64.7 Å². The van der Waals surface area contributed by atoms with E-state index >= 15 is 0 Å². The van der Waals surface area contributed by atoms with Gasteiger partial charge in [0, 0.05) is 18.4 Å². The molecule has 0 bridgehead atoms. The molecule has 0 heterocycles. The SMILES string of the molecule is COCc1cc(NC(=O)c2ccc(C(C)C)cc2)cc(C(=O)O)c1. The van der Waals surface area contributed by atoms with Crippen LogP contribution in [0, 0.1) is 0 Å². The highest BCUT2D eigenvalue weighted by atomic mass is 16.5. The summed E-state index contributed by atoms with van der Waals surface area (Å²) in [5, 5.41) is 11.9. The van der Waals surface area contributed by atoms with Gasteiger partial charge in [-0.05, 0) is 47.4 Å². The number of benzene rings is 2. The summed E-state index contributed by atoms with van der Waals surface area (Å²) in [5.41, 5.74) is 2.90. The number of amides is 1. The van der Waals surface area contributed by atoms with Crippen LogP contribution in [-0.2, 0) is 11.3 Å². The van der Waals surface area contributed by atoms with Crippen LogP contribution in [-0.4, -0.2) is 24.1 Å². The Hall–Kier alpha value is -2.66. The van der Waals surface area contributed by atoms with Crippen molar-refractivity contribution < 1.29 is 19.4 Å². The molecule has 5 heteroatoms. The van der Waals surface area contributed by atoms with E-state index < -0.39 is 5.97 Å². The van der Waals surface area contributed by atoms with Crippen LogP contribution in [0.1, 0.15) is 51.6 Å². The summed E-state index contributed by atoms with van der Waals surface area (Å²) in [6.45, 7) is 4.45. The first-order valence-electron chi connectivity index (χ1n) is 7.68. The summed E-state index contributed by atoms with van der Waals surface area (Å²) in [6, 6.07) is 12.0. The number of aromatic carboxylic acids is 1. The normalized spacial score (nSPS) is 10.7. The molecule has 2 aromatic rings. The summed E-state index contributed by atoms with van der Waals surface area (Å²) in [4.78, 5) is 23.6. The average Bonchev–Trinajstić information content (AvgIpc) is 2.55. The third-order valence-electron chi connectivity index (χ3n) is 3.65. The van der Waals surface area contributed by atoms with Gasteiger partial charge in [0.2, 0.25) is 0 Å². The minimum absolute atomic E-state index is 0.106. The lowest BCUT2D eigenvalue weighted by atomic mass is 10.0. The minimum atomic E-state index is -1.05. The Labute approximate surface area is 141 Å². The quantitative estimate of drug-likeness (QED) is 0.843. The van der Waals surface area contributed by atoms with Gasteiger partial charge in [-0.1, -0.05) is 26.0 Å². The number of hydrogen-bond acceptors (Lipinski definition) is 3. The summed E-state index contributed by atoms with van der Waals surface area (Å²) in [5.74, 6) is -0.938. The Morgan fingerprint density at radius 3 is 2.29 bits per heavy atom. The molecule has 0 saturated heterocycles. The van der Waals surface area contributed by atoms with Crippen molar-refractivity contribution in [1.82, 2.24) is 0 Å². The van der Waals surface area contributed by atoms with Gasteiger partial charge in [-0.15, -0.1) is 0 Å². The topological polar surface area (TPSA) is 75.6 Å². The van der Waals surface area contributed by atoms with Crippen LogP contribution >= 0.6 is 0 Å². The van der Waals surface area contributed by atoms with Crippen LogP contribution < -0.4 is 5.32 Å². The van der Waals surface area contributed by atoms with Crippen LogP contribution in [0.2, 0.25) is 0 Å². The minimum Gasteiger partial charge on any atom is -0.478 e. The number of carboxylic acids is 1. The Morgan fingerprint density at radius 2 is 1.75 bits per heavy atom. The summed E-state index contributed by atoms with van der Waals surface area (Å²) in [7, 11) is 1.53. The monoisotopic (exact) mass is 327 g/mol. The highest BCUT2D eigenvalue weighted by Crippen LogP contribution is 2.19. The molecular weight excluding hydrogens is 306 g/mol. The molecule has 0 unspecified atom stereocenters. The van der Waals surface area contributed by atoms with Crippen LogP contribution in [0.15, 0.2) is 42.5 Å². The van der Waals surface area contributed by atoms with Gasteiger partial charge in [0.25, 0.3) is 5.91 Å². The molecular formula is C19H21NO4. The molecule has 0 atom stereocenters. The number of hydrogen-bond donors (Lipinski definition) is 2. The second-order valence-electron chi connectivity index (χ2n) is 5.89. The molecule has 5 nitrogen and oxygen atoms in total. The first-order valence-corrected chi connectivity index (χ1v) is 7.68. The van der Waals surface area contributed by atoms with Gasteiger partial charge in [0.15, 0.2) is 0 Å². The van der Waals surface area contributed by atoms with Gasteiger partial charge in [0.1, 0.15) is 0 Å². The van der Waals surface area contributed by atoms with E-state index in [2.05, 4.69) is 19.2 Å². The van der Waals surface area contributed by atoms with E-state index in [4.69, 9.17) is 4.74 Å². The first-order chi connectivity index (χ1) is 11.4. The first kappa shape index (κ1) is 17.7. The Morgan fingerprint density at radius 1 is 1.08 bits per heavy atom. The summed E-state index contributed by atoms with van der Waals surface area (Å²) < 4.78 is 5.04. The molecule has 0 fully saturated rings. The molecule has 0 spiro atoms. The number of carboxylic acid groups (broad SMARTS) is 1. The van der Waals surface area contributed by atoms with Crippen molar-refractivity contribution in [1.29, 1.82) is 0 Å². The zero-order valence-corrected chi connectivity index (χ0v) is 14.0. The highest BCUT2D eigenvalue weighted by molar-refractivity contribution is 6.04. The second-order valence-corrected chi connectivity index (χ2v) is 5.89. The van der Waals surface area contributed by atoms with Gasteiger partial charge >= 0.3 is 5.97 Å². The predicted molar refractivity (Wildman–Crippen MR) is 92.6 cm³/mol. The number of nitrogens with one attached hydrogen (secondary N) is 1. The lowest BCUT2D eigenvalue weighted by Gasteiger charge is -2.10. The summed E-state index contributed by atoms with van der Waals surface area (Å²) in [6.07, 6.45) is 0. The van der Waals surface area contributed by atoms with Crippen molar-refractivity contribution >= 4 is 17.6 Å². The van der Waals surface area contributed by atoms with E-state index in [1.54, 1.807) is 18.2 Å². The molecule has 24 heavy (non-hydrogen) atoms. The molecule has 2 N–H and O–H groups in total. The number of methoxy groups -OCH3 is 1. The fraction of sp³-hybridized carbons (Fsp3) is 0.263. The second kappa shape index (κ2) is 7.75. The molecule has 1 amide bonds. The Kier molecular flexibility index (Phi) is 5.71. The van der Waals surface area contributed by atoms with E-state index in [9.17, 15) is 14.7 Å². The van der Waals surface area contributed by atoms with Gasteiger partial charge < -0.3 is 15.2 Å². The Balaban J connectivity index is 2.22. The van der Waals surface area contributed by atoms with E-state index in [0.29, 0.717) is 22.7 Å². The largest absolute Gasteiger partial charge is 0.478 e. The van der Waals surface area contributed by atoms with Crippen molar-refractivity contribution in [2.45, 2.75) is 26.4 Å². The number of rotatable bonds is 6. The van der Waals surface area contributed by atoms with Crippen LogP contribution in [0.3, 0.4) is 0 Å². The van der Waals surface area contributed by atoms with Crippen LogP contribution in [0.5, 0.6) is 0 Å².